The molecule has 9 heteroatoms. The predicted molar refractivity (Wildman–Crippen MR) is 175 cm³/mol. The number of ether oxygens (including phenoxy) is 1. The number of aryl methyl sites for hydroxylation is 1. The van der Waals surface area contributed by atoms with Gasteiger partial charge in [-0.2, -0.15) is 0 Å². The van der Waals surface area contributed by atoms with Crippen LogP contribution in [0.15, 0.2) is 91.0 Å². The van der Waals surface area contributed by atoms with Crippen molar-refractivity contribution in [2.24, 2.45) is 0 Å². The fraction of sp³-hybridized carbons (Fsp3) is 0.417. The van der Waals surface area contributed by atoms with Crippen molar-refractivity contribution in [3.63, 3.8) is 0 Å². The van der Waals surface area contributed by atoms with Gasteiger partial charge in [0.25, 0.3) is 0 Å². The molecule has 0 N–H and O–H groups in total. The van der Waals surface area contributed by atoms with Crippen molar-refractivity contribution in [3.05, 3.63) is 108 Å². The van der Waals surface area contributed by atoms with E-state index in [1.165, 1.54) is 0 Å². The molecule has 2 aliphatic heterocycles. The van der Waals surface area contributed by atoms with Gasteiger partial charge in [-0.3, -0.25) is 9.59 Å². The molecule has 0 radical (unpaired) electrons. The lowest BCUT2D eigenvalue weighted by Crippen LogP contribution is -2.59. The Morgan fingerprint density at radius 3 is 1.91 bits per heavy atom. The number of rotatable bonds is 13. The zero-order chi connectivity index (χ0) is 31.6. The van der Waals surface area contributed by atoms with E-state index in [1.807, 2.05) is 97.9 Å². The standard InChI is InChI=1S/C36H42N3O5P/c1-36(23-21-28-13-5-2-6-14-28,39(45-43)26-22-29-15-7-3-8-16-29)35(42)38-25-11-19-31(38)33(40)37-24-12-20-32(37)34(41)44-27-30-17-9-4-10-18-30/h2-10,13-18,31-32H,11-12,19-27H2,1H3/p+1/t31-,32-,36+/m0/s1. The molecule has 0 aliphatic carbocycles. The first-order chi connectivity index (χ1) is 21.9. The van der Waals surface area contributed by atoms with Gasteiger partial charge in [0.1, 0.15) is 24.2 Å². The van der Waals surface area contributed by atoms with Crippen molar-refractivity contribution in [1.29, 1.82) is 0 Å². The number of carbonyl (C=O) groups excluding carboxylic acids is 3. The summed E-state index contributed by atoms with van der Waals surface area (Å²) in [6.45, 7) is 3.37. The molecule has 0 bridgehead atoms. The summed E-state index contributed by atoms with van der Waals surface area (Å²) in [4.78, 5) is 45.1. The van der Waals surface area contributed by atoms with E-state index in [2.05, 4.69) is 0 Å². The van der Waals surface area contributed by atoms with Crippen LogP contribution in [0.25, 0.3) is 0 Å². The average Bonchev–Trinajstić information content (AvgIpc) is 3.78. The van der Waals surface area contributed by atoms with E-state index in [1.54, 1.807) is 14.5 Å². The summed E-state index contributed by atoms with van der Waals surface area (Å²) in [5.41, 5.74) is 2.00. The van der Waals surface area contributed by atoms with Crippen molar-refractivity contribution in [3.8, 4) is 0 Å². The number of esters is 1. The highest BCUT2D eigenvalue weighted by Crippen LogP contribution is 2.34. The zero-order valence-corrected chi connectivity index (χ0v) is 27.0. The van der Waals surface area contributed by atoms with Gasteiger partial charge in [-0.05, 0) is 68.6 Å². The Bertz CT molecular complexity index is 1440. The van der Waals surface area contributed by atoms with E-state index in [9.17, 15) is 18.9 Å². The molecule has 2 fully saturated rings. The summed E-state index contributed by atoms with van der Waals surface area (Å²) in [5, 5.41) is 0. The molecule has 236 valence electrons. The van der Waals surface area contributed by atoms with Gasteiger partial charge in [0.2, 0.25) is 11.8 Å². The van der Waals surface area contributed by atoms with Crippen LogP contribution in [-0.2, 0) is 43.1 Å². The van der Waals surface area contributed by atoms with Gasteiger partial charge >= 0.3 is 14.6 Å². The monoisotopic (exact) mass is 628 g/mol. The zero-order valence-electron chi connectivity index (χ0n) is 26.0. The maximum Gasteiger partial charge on any atom is 0.421 e. The van der Waals surface area contributed by atoms with Gasteiger partial charge in [-0.1, -0.05) is 100 Å². The lowest BCUT2D eigenvalue weighted by Gasteiger charge is -2.38. The quantitative estimate of drug-likeness (QED) is 0.181. The third-order valence-corrected chi connectivity index (χ3v) is 10.1. The molecule has 0 saturated carbocycles. The van der Waals surface area contributed by atoms with E-state index < -0.39 is 32.2 Å². The van der Waals surface area contributed by atoms with Gasteiger partial charge < -0.3 is 14.5 Å². The highest BCUT2D eigenvalue weighted by atomic mass is 31.1. The van der Waals surface area contributed by atoms with Gasteiger partial charge in [0.05, 0.1) is 0 Å². The van der Waals surface area contributed by atoms with E-state index >= 15 is 0 Å². The van der Waals surface area contributed by atoms with Gasteiger partial charge in [0, 0.05) is 19.6 Å². The molecule has 3 aromatic carbocycles. The highest BCUT2D eigenvalue weighted by Gasteiger charge is 2.51. The minimum atomic E-state index is -1.09. The highest BCUT2D eigenvalue weighted by molar-refractivity contribution is 7.20. The van der Waals surface area contributed by atoms with E-state index in [4.69, 9.17) is 4.74 Å². The average molecular weight is 629 g/mol. The summed E-state index contributed by atoms with van der Waals surface area (Å²) in [6.07, 6.45) is 4.20. The molecule has 2 aliphatic rings. The van der Waals surface area contributed by atoms with Crippen molar-refractivity contribution >= 4 is 26.4 Å². The van der Waals surface area contributed by atoms with Crippen LogP contribution in [0.4, 0.5) is 0 Å². The summed E-state index contributed by atoms with van der Waals surface area (Å²) in [5.74, 6) is -0.799. The summed E-state index contributed by atoms with van der Waals surface area (Å²) in [7, 11) is -0.820. The topological polar surface area (TPSA) is 87.2 Å². The van der Waals surface area contributed by atoms with Crippen molar-refractivity contribution in [1.82, 2.24) is 14.5 Å². The Balaban J connectivity index is 1.32. The molecule has 2 heterocycles. The largest absolute Gasteiger partial charge is 0.459 e. The Hall–Kier alpha value is -3.87. The summed E-state index contributed by atoms with van der Waals surface area (Å²) < 4.78 is 20.2. The fourth-order valence-electron chi connectivity index (χ4n) is 6.54. The Labute approximate surface area is 267 Å². The van der Waals surface area contributed by atoms with Crippen LogP contribution in [0.5, 0.6) is 0 Å². The minimum Gasteiger partial charge on any atom is -0.459 e. The van der Waals surface area contributed by atoms with E-state index in [-0.39, 0.29) is 18.4 Å². The van der Waals surface area contributed by atoms with E-state index in [0.717, 1.165) is 16.7 Å². The first-order valence-corrected chi connectivity index (χ1v) is 16.8. The number of likely N-dealkylation sites (tertiary alicyclic amines) is 2. The van der Waals surface area contributed by atoms with Gasteiger partial charge in [0.15, 0.2) is 0 Å². The van der Waals surface area contributed by atoms with Crippen LogP contribution in [0, 0.1) is 0 Å². The molecule has 0 aromatic heterocycles. The minimum absolute atomic E-state index is 0.154. The van der Waals surface area contributed by atoms with Crippen molar-refractivity contribution in [2.45, 2.75) is 76.1 Å². The number of hydrogen-bond acceptors (Lipinski definition) is 5. The number of carbonyl (C=O) groups is 3. The Morgan fingerprint density at radius 2 is 1.31 bits per heavy atom. The smallest absolute Gasteiger partial charge is 0.421 e. The number of nitrogens with zero attached hydrogens (tertiary/aromatic N) is 3. The Morgan fingerprint density at radius 1 is 0.778 bits per heavy atom. The second-order valence-electron chi connectivity index (χ2n) is 12.2. The molecular weight excluding hydrogens is 585 g/mol. The van der Waals surface area contributed by atoms with Crippen LogP contribution in [0.1, 0.15) is 55.7 Å². The molecule has 2 saturated heterocycles. The van der Waals surface area contributed by atoms with Crippen LogP contribution < -0.4 is 0 Å². The van der Waals surface area contributed by atoms with Gasteiger partial charge in [-0.15, -0.1) is 0 Å². The fourth-order valence-corrected chi connectivity index (χ4v) is 7.15. The van der Waals surface area contributed by atoms with Gasteiger partial charge in [-0.25, -0.2) is 4.79 Å². The summed E-state index contributed by atoms with van der Waals surface area (Å²) in [6, 6.07) is 28.1. The lowest BCUT2D eigenvalue weighted by atomic mass is 9.90. The molecule has 45 heavy (non-hydrogen) atoms. The predicted octanol–water partition coefficient (Wildman–Crippen LogP) is 5.59. The molecular formula is C36H43N3O5P+. The molecule has 4 atom stereocenters. The molecule has 3 aromatic rings. The van der Waals surface area contributed by atoms with Crippen LogP contribution in [-0.4, -0.2) is 69.5 Å². The summed E-state index contributed by atoms with van der Waals surface area (Å²) >= 11 is 0. The maximum absolute atomic E-state index is 14.6. The number of benzene rings is 3. The number of amides is 2. The molecule has 5 rings (SSSR count). The molecule has 0 spiro atoms. The first-order valence-electron chi connectivity index (χ1n) is 16.0. The molecule has 1 unspecified atom stereocenters. The molecule has 8 nitrogen and oxygen atoms in total. The third-order valence-electron chi connectivity index (χ3n) is 9.21. The van der Waals surface area contributed by atoms with Crippen LogP contribution in [0.2, 0.25) is 0 Å². The normalized spacial score (nSPS) is 19.5. The third kappa shape index (κ3) is 7.86. The maximum atomic E-state index is 14.6. The van der Waals surface area contributed by atoms with E-state index in [0.29, 0.717) is 64.6 Å². The van der Waals surface area contributed by atoms with Crippen molar-refractivity contribution in [2.75, 3.05) is 19.6 Å². The SMILES string of the molecule is C[C@@](CCc1ccccc1)(C(=O)N1CCC[C@H]1C(=O)N1CCC[C@H]1C(=O)OCc1ccccc1)N(CCc1ccccc1)[PH+]=O. The Kier molecular flexibility index (Phi) is 11.1. The second-order valence-corrected chi connectivity index (χ2v) is 12.9. The lowest BCUT2D eigenvalue weighted by molar-refractivity contribution is -0.157. The van der Waals surface area contributed by atoms with Crippen LogP contribution >= 0.6 is 8.61 Å². The second kappa shape index (κ2) is 15.4. The van der Waals surface area contributed by atoms with Crippen molar-refractivity contribution < 1.29 is 23.7 Å². The van der Waals surface area contributed by atoms with Crippen LogP contribution in [0.3, 0.4) is 0 Å². The molecule has 2 amide bonds. The first kappa shape index (κ1) is 32.5. The number of hydrogen-bond donors (Lipinski definition) is 0.